The molecule has 1 aromatic heterocycles. The molecule has 1 heterocycles. The lowest BCUT2D eigenvalue weighted by molar-refractivity contribution is 0.224. The SMILES string of the molecule is OC(c1ccc2c(c1)CCCC2)c1cc2c(s1)CCCC2. The molecule has 0 saturated heterocycles. The van der Waals surface area contributed by atoms with E-state index in [0.717, 1.165) is 10.4 Å². The largest absolute Gasteiger partial charge is 0.383 e. The predicted molar refractivity (Wildman–Crippen MR) is 88.1 cm³/mol. The molecule has 1 nitrogen and oxygen atoms in total. The summed E-state index contributed by atoms with van der Waals surface area (Å²) in [6.07, 6.45) is 9.56. The van der Waals surface area contributed by atoms with E-state index in [2.05, 4.69) is 24.3 Å². The van der Waals surface area contributed by atoms with Crippen molar-refractivity contribution in [3.05, 3.63) is 56.3 Å². The van der Waals surface area contributed by atoms with Crippen LogP contribution >= 0.6 is 11.3 Å². The van der Waals surface area contributed by atoms with Gasteiger partial charge in [0.15, 0.2) is 0 Å². The van der Waals surface area contributed by atoms with Gasteiger partial charge in [-0.25, -0.2) is 0 Å². The van der Waals surface area contributed by atoms with E-state index < -0.39 is 6.10 Å². The Morgan fingerprint density at radius 1 is 0.810 bits per heavy atom. The zero-order valence-corrected chi connectivity index (χ0v) is 13.2. The zero-order valence-electron chi connectivity index (χ0n) is 12.4. The van der Waals surface area contributed by atoms with Crippen LogP contribution in [-0.4, -0.2) is 5.11 Å². The van der Waals surface area contributed by atoms with Gasteiger partial charge < -0.3 is 5.11 Å². The Labute approximate surface area is 130 Å². The van der Waals surface area contributed by atoms with Gasteiger partial charge in [0.05, 0.1) is 0 Å². The summed E-state index contributed by atoms with van der Waals surface area (Å²) >= 11 is 1.83. The Morgan fingerprint density at radius 3 is 2.33 bits per heavy atom. The second kappa shape index (κ2) is 5.58. The lowest BCUT2D eigenvalue weighted by Crippen LogP contribution is -2.05. The minimum absolute atomic E-state index is 0.437. The summed E-state index contributed by atoms with van der Waals surface area (Å²) in [5.74, 6) is 0. The van der Waals surface area contributed by atoms with Crippen LogP contribution in [0, 0.1) is 0 Å². The zero-order chi connectivity index (χ0) is 14.2. The number of aliphatic hydroxyl groups excluding tert-OH is 1. The Kier molecular flexibility index (Phi) is 3.60. The number of aryl methyl sites for hydroxylation is 4. The summed E-state index contributed by atoms with van der Waals surface area (Å²) in [5, 5.41) is 10.8. The fraction of sp³-hybridized carbons (Fsp3) is 0.474. The molecule has 0 saturated carbocycles. The summed E-state index contributed by atoms with van der Waals surface area (Å²) in [6, 6.07) is 8.87. The minimum Gasteiger partial charge on any atom is -0.383 e. The van der Waals surface area contributed by atoms with Crippen molar-refractivity contribution in [2.75, 3.05) is 0 Å². The number of hydrogen-bond donors (Lipinski definition) is 1. The molecule has 2 heteroatoms. The molecule has 2 aliphatic carbocycles. The van der Waals surface area contributed by atoms with Crippen molar-refractivity contribution in [2.45, 2.75) is 57.5 Å². The number of thiophene rings is 1. The molecular weight excluding hydrogens is 276 g/mol. The second-order valence-corrected chi connectivity index (χ2v) is 7.61. The summed E-state index contributed by atoms with van der Waals surface area (Å²) in [7, 11) is 0. The van der Waals surface area contributed by atoms with Crippen molar-refractivity contribution in [1.29, 1.82) is 0 Å². The maximum absolute atomic E-state index is 10.8. The average Bonchev–Trinajstić information content (AvgIpc) is 2.97. The van der Waals surface area contributed by atoms with Crippen molar-refractivity contribution in [3.63, 3.8) is 0 Å². The van der Waals surface area contributed by atoms with E-state index in [1.165, 1.54) is 72.9 Å². The van der Waals surface area contributed by atoms with Crippen LogP contribution in [0.4, 0.5) is 0 Å². The molecule has 0 radical (unpaired) electrons. The van der Waals surface area contributed by atoms with E-state index in [-0.39, 0.29) is 0 Å². The molecular formula is C19H22OS. The monoisotopic (exact) mass is 298 g/mol. The summed E-state index contributed by atoms with van der Waals surface area (Å²) in [5.41, 5.74) is 5.51. The molecule has 110 valence electrons. The van der Waals surface area contributed by atoms with Crippen LogP contribution in [-0.2, 0) is 25.7 Å². The molecule has 0 bridgehead atoms. The second-order valence-electron chi connectivity index (χ2n) is 6.44. The van der Waals surface area contributed by atoms with Gasteiger partial charge in [0.2, 0.25) is 0 Å². The number of rotatable bonds is 2. The Hall–Kier alpha value is -1.12. The van der Waals surface area contributed by atoms with Crippen LogP contribution in [0.15, 0.2) is 24.3 Å². The molecule has 0 aliphatic heterocycles. The van der Waals surface area contributed by atoms with E-state index in [4.69, 9.17) is 0 Å². The first-order valence-electron chi connectivity index (χ1n) is 8.22. The average molecular weight is 298 g/mol. The van der Waals surface area contributed by atoms with Gasteiger partial charge in [-0.3, -0.25) is 0 Å². The highest BCUT2D eigenvalue weighted by Crippen LogP contribution is 2.36. The quantitative estimate of drug-likeness (QED) is 0.860. The first kappa shape index (κ1) is 13.5. The number of aliphatic hydroxyl groups is 1. The third kappa shape index (κ3) is 2.56. The van der Waals surface area contributed by atoms with Gasteiger partial charge in [-0.05, 0) is 79.7 Å². The third-order valence-corrected chi connectivity index (χ3v) is 6.26. The van der Waals surface area contributed by atoms with E-state index >= 15 is 0 Å². The summed E-state index contributed by atoms with van der Waals surface area (Å²) in [4.78, 5) is 2.64. The number of hydrogen-bond acceptors (Lipinski definition) is 2. The molecule has 1 N–H and O–H groups in total. The van der Waals surface area contributed by atoms with Crippen LogP contribution in [0.5, 0.6) is 0 Å². The lowest BCUT2D eigenvalue weighted by Gasteiger charge is -2.18. The van der Waals surface area contributed by atoms with Crippen LogP contribution in [0.1, 0.15) is 63.8 Å². The van der Waals surface area contributed by atoms with Crippen molar-refractivity contribution in [2.24, 2.45) is 0 Å². The first-order valence-corrected chi connectivity index (χ1v) is 9.04. The van der Waals surface area contributed by atoms with Gasteiger partial charge in [0.1, 0.15) is 6.10 Å². The van der Waals surface area contributed by atoms with Gasteiger partial charge in [-0.2, -0.15) is 0 Å². The standard InChI is InChI=1S/C19H22OS/c20-19(18-12-15-7-3-4-8-17(15)21-18)16-10-9-13-5-1-2-6-14(13)11-16/h9-12,19-20H,1-8H2. The smallest absolute Gasteiger partial charge is 0.113 e. The summed E-state index contributed by atoms with van der Waals surface area (Å²) < 4.78 is 0. The first-order chi connectivity index (χ1) is 10.3. The minimum atomic E-state index is -0.437. The van der Waals surface area contributed by atoms with Crippen molar-refractivity contribution in [3.8, 4) is 0 Å². The van der Waals surface area contributed by atoms with Gasteiger partial charge in [0.25, 0.3) is 0 Å². The van der Waals surface area contributed by atoms with E-state index in [9.17, 15) is 5.11 Å². The third-order valence-electron chi connectivity index (χ3n) is 4.97. The van der Waals surface area contributed by atoms with Crippen LogP contribution in [0.3, 0.4) is 0 Å². The highest BCUT2D eigenvalue weighted by molar-refractivity contribution is 7.12. The number of benzene rings is 1. The van der Waals surface area contributed by atoms with Crippen molar-refractivity contribution < 1.29 is 5.11 Å². The van der Waals surface area contributed by atoms with E-state index in [1.54, 1.807) is 0 Å². The van der Waals surface area contributed by atoms with Gasteiger partial charge >= 0.3 is 0 Å². The maximum atomic E-state index is 10.8. The van der Waals surface area contributed by atoms with E-state index in [0.29, 0.717) is 0 Å². The fourth-order valence-electron chi connectivity index (χ4n) is 3.74. The van der Waals surface area contributed by atoms with Gasteiger partial charge in [-0.1, -0.05) is 18.2 Å². The van der Waals surface area contributed by atoms with E-state index in [1.807, 2.05) is 11.3 Å². The summed E-state index contributed by atoms with van der Waals surface area (Å²) in [6.45, 7) is 0. The molecule has 0 fully saturated rings. The maximum Gasteiger partial charge on any atom is 0.113 e. The highest BCUT2D eigenvalue weighted by atomic mass is 32.1. The normalized spacial score (nSPS) is 18.9. The molecule has 1 aromatic carbocycles. The molecule has 0 spiro atoms. The van der Waals surface area contributed by atoms with Crippen molar-refractivity contribution in [1.82, 2.24) is 0 Å². The van der Waals surface area contributed by atoms with Crippen LogP contribution < -0.4 is 0 Å². The molecule has 2 aliphatic rings. The molecule has 0 amide bonds. The lowest BCUT2D eigenvalue weighted by atomic mass is 9.89. The molecule has 4 rings (SSSR count). The van der Waals surface area contributed by atoms with Crippen LogP contribution in [0.2, 0.25) is 0 Å². The van der Waals surface area contributed by atoms with Gasteiger partial charge in [0, 0.05) is 9.75 Å². The van der Waals surface area contributed by atoms with Crippen LogP contribution in [0.25, 0.3) is 0 Å². The molecule has 1 atom stereocenters. The Bertz CT molecular complexity index is 632. The Morgan fingerprint density at radius 2 is 1.52 bits per heavy atom. The number of fused-ring (bicyclic) bond motifs is 2. The molecule has 1 unspecified atom stereocenters. The fourth-order valence-corrected chi connectivity index (χ4v) is 5.01. The van der Waals surface area contributed by atoms with Crippen molar-refractivity contribution >= 4 is 11.3 Å². The molecule has 21 heavy (non-hydrogen) atoms. The highest BCUT2D eigenvalue weighted by Gasteiger charge is 2.20. The molecule has 2 aromatic rings. The Balaban J connectivity index is 1.64. The van der Waals surface area contributed by atoms with Gasteiger partial charge in [-0.15, -0.1) is 11.3 Å². The predicted octanol–water partition coefficient (Wildman–Crippen LogP) is 4.59. The topological polar surface area (TPSA) is 20.2 Å².